The number of amides is 1. The maximum atomic E-state index is 11.9. The van der Waals surface area contributed by atoms with Gasteiger partial charge in [-0.25, -0.2) is 0 Å². The number of carbonyl (C=O) groups excluding carboxylic acids is 2. The van der Waals surface area contributed by atoms with Crippen LogP contribution in [0.4, 0.5) is 5.69 Å². The molecule has 1 aliphatic rings. The number of esters is 1. The molecule has 0 bridgehead atoms. The van der Waals surface area contributed by atoms with Crippen LogP contribution in [-0.2, 0) is 14.3 Å². The Kier molecular flexibility index (Phi) is 5.08. The van der Waals surface area contributed by atoms with Gasteiger partial charge in [0.25, 0.3) is 0 Å². The standard InChI is InChI=1S/C14H16Cl2N2O3/c1-14(5-7-21-13(14)20)17-6-4-12(19)18-11-8-9(15)2-3-10(11)16/h2-3,8,17H,4-7H2,1H3,(H,18,19). The van der Waals surface area contributed by atoms with Crippen LogP contribution in [0, 0.1) is 0 Å². The number of cyclic esters (lactones) is 1. The molecule has 1 saturated heterocycles. The zero-order valence-electron chi connectivity index (χ0n) is 11.5. The molecule has 1 aliphatic heterocycles. The second kappa shape index (κ2) is 6.64. The molecule has 0 spiro atoms. The molecule has 21 heavy (non-hydrogen) atoms. The minimum atomic E-state index is -0.700. The molecular formula is C14H16Cl2N2O3. The zero-order chi connectivity index (χ0) is 15.5. The van der Waals surface area contributed by atoms with E-state index >= 15 is 0 Å². The summed E-state index contributed by atoms with van der Waals surface area (Å²) in [4.78, 5) is 23.4. The molecule has 0 aliphatic carbocycles. The predicted molar refractivity (Wildman–Crippen MR) is 81.7 cm³/mol. The zero-order valence-corrected chi connectivity index (χ0v) is 13.1. The Morgan fingerprint density at radius 3 is 2.86 bits per heavy atom. The first-order chi connectivity index (χ1) is 9.90. The van der Waals surface area contributed by atoms with E-state index in [1.165, 1.54) is 0 Å². The Labute approximate surface area is 132 Å². The summed E-state index contributed by atoms with van der Waals surface area (Å²) in [6.07, 6.45) is 0.819. The maximum absolute atomic E-state index is 11.9. The summed E-state index contributed by atoms with van der Waals surface area (Å²) in [5.74, 6) is -0.484. The largest absolute Gasteiger partial charge is 0.464 e. The fourth-order valence-electron chi connectivity index (χ4n) is 2.03. The number of benzene rings is 1. The normalized spacial score (nSPS) is 21.2. The highest BCUT2D eigenvalue weighted by molar-refractivity contribution is 6.35. The number of anilines is 1. The highest BCUT2D eigenvalue weighted by atomic mass is 35.5. The molecule has 0 aromatic heterocycles. The molecule has 1 atom stereocenters. The van der Waals surface area contributed by atoms with Crippen molar-refractivity contribution in [2.24, 2.45) is 0 Å². The lowest BCUT2D eigenvalue weighted by Gasteiger charge is -2.20. The summed E-state index contributed by atoms with van der Waals surface area (Å²) in [6.45, 7) is 2.55. The number of carbonyl (C=O) groups is 2. The summed E-state index contributed by atoms with van der Waals surface area (Å²) in [7, 11) is 0. The summed E-state index contributed by atoms with van der Waals surface area (Å²) >= 11 is 11.8. The van der Waals surface area contributed by atoms with E-state index in [0.717, 1.165) is 0 Å². The lowest BCUT2D eigenvalue weighted by atomic mass is 10.0. The van der Waals surface area contributed by atoms with Gasteiger partial charge in [0.05, 0.1) is 17.3 Å². The summed E-state index contributed by atoms with van der Waals surface area (Å²) in [5, 5.41) is 6.66. The van der Waals surface area contributed by atoms with E-state index in [9.17, 15) is 9.59 Å². The van der Waals surface area contributed by atoms with Gasteiger partial charge in [-0.05, 0) is 25.1 Å². The van der Waals surface area contributed by atoms with Gasteiger partial charge in [-0.3, -0.25) is 9.59 Å². The van der Waals surface area contributed by atoms with Crippen molar-refractivity contribution in [3.8, 4) is 0 Å². The first-order valence-electron chi connectivity index (χ1n) is 6.58. The third kappa shape index (κ3) is 4.09. The molecule has 7 heteroatoms. The molecule has 1 aromatic rings. The smallest absolute Gasteiger partial charge is 0.326 e. The molecule has 2 rings (SSSR count). The molecule has 5 nitrogen and oxygen atoms in total. The Bertz CT molecular complexity index is 565. The Morgan fingerprint density at radius 1 is 1.43 bits per heavy atom. The second-order valence-corrected chi connectivity index (χ2v) is 5.91. The van der Waals surface area contributed by atoms with Crippen molar-refractivity contribution in [2.75, 3.05) is 18.5 Å². The van der Waals surface area contributed by atoms with Crippen molar-refractivity contribution in [3.05, 3.63) is 28.2 Å². The summed E-state index contributed by atoms with van der Waals surface area (Å²) in [6, 6.07) is 4.85. The molecule has 1 aromatic carbocycles. The van der Waals surface area contributed by atoms with Crippen molar-refractivity contribution in [3.63, 3.8) is 0 Å². The number of nitrogens with one attached hydrogen (secondary N) is 2. The lowest BCUT2D eigenvalue weighted by molar-refractivity contribution is -0.143. The maximum Gasteiger partial charge on any atom is 0.326 e. The van der Waals surface area contributed by atoms with E-state index < -0.39 is 5.54 Å². The van der Waals surface area contributed by atoms with Gasteiger partial charge >= 0.3 is 5.97 Å². The molecule has 114 valence electrons. The van der Waals surface area contributed by atoms with Crippen LogP contribution in [0.25, 0.3) is 0 Å². The van der Waals surface area contributed by atoms with E-state index in [0.29, 0.717) is 35.3 Å². The van der Waals surface area contributed by atoms with Crippen molar-refractivity contribution >= 4 is 40.8 Å². The molecular weight excluding hydrogens is 315 g/mol. The van der Waals surface area contributed by atoms with Gasteiger partial charge in [-0.1, -0.05) is 23.2 Å². The Hall–Kier alpha value is -1.30. The lowest BCUT2D eigenvalue weighted by Crippen LogP contribution is -2.47. The SMILES string of the molecule is CC1(NCCC(=O)Nc2cc(Cl)ccc2Cl)CCOC1=O. The first kappa shape index (κ1) is 16.1. The van der Waals surface area contributed by atoms with Crippen LogP contribution in [0.15, 0.2) is 18.2 Å². The van der Waals surface area contributed by atoms with Crippen molar-refractivity contribution in [1.29, 1.82) is 0 Å². The minimum absolute atomic E-state index is 0.207. The van der Waals surface area contributed by atoms with Crippen LogP contribution in [0.5, 0.6) is 0 Å². The highest BCUT2D eigenvalue weighted by Crippen LogP contribution is 2.25. The summed E-state index contributed by atoms with van der Waals surface area (Å²) < 4.78 is 4.92. The predicted octanol–water partition coefficient (Wildman–Crippen LogP) is 2.62. The average molecular weight is 331 g/mol. The van der Waals surface area contributed by atoms with E-state index in [-0.39, 0.29) is 18.3 Å². The molecule has 1 heterocycles. The van der Waals surface area contributed by atoms with Gasteiger partial charge in [0, 0.05) is 24.4 Å². The molecule has 1 amide bonds. The quantitative estimate of drug-likeness (QED) is 0.814. The van der Waals surface area contributed by atoms with Gasteiger partial charge in [-0.2, -0.15) is 0 Å². The van der Waals surface area contributed by atoms with E-state index in [1.807, 2.05) is 0 Å². The van der Waals surface area contributed by atoms with E-state index in [1.54, 1.807) is 25.1 Å². The Morgan fingerprint density at radius 2 is 2.19 bits per heavy atom. The van der Waals surface area contributed by atoms with Crippen LogP contribution in [0.1, 0.15) is 19.8 Å². The van der Waals surface area contributed by atoms with Gasteiger partial charge in [0.15, 0.2) is 0 Å². The fourth-order valence-corrected chi connectivity index (χ4v) is 2.36. The fraction of sp³-hybridized carbons (Fsp3) is 0.429. The van der Waals surface area contributed by atoms with Gasteiger partial charge < -0.3 is 15.4 Å². The Balaban J connectivity index is 1.82. The van der Waals surface area contributed by atoms with Crippen molar-refractivity contribution in [1.82, 2.24) is 5.32 Å². The van der Waals surface area contributed by atoms with Crippen LogP contribution in [-0.4, -0.2) is 30.6 Å². The molecule has 2 N–H and O–H groups in total. The van der Waals surface area contributed by atoms with E-state index in [2.05, 4.69) is 10.6 Å². The molecule has 1 unspecified atom stereocenters. The van der Waals surface area contributed by atoms with Crippen LogP contribution in [0.2, 0.25) is 10.0 Å². The summed E-state index contributed by atoms with van der Waals surface area (Å²) in [5.41, 5.74) is -0.228. The second-order valence-electron chi connectivity index (χ2n) is 5.07. The molecule has 0 saturated carbocycles. The number of halogens is 2. The minimum Gasteiger partial charge on any atom is -0.464 e. The van der Waals surface area contributed by atoms with E-state index in [4.69, 9.17) is 27.9 Å². The molecule has 1 fully saturated rings. The van der Waals surface area contributed by atoms with Crippen molar-refractivity contribution in [2.45, 2.75) is 25.3 Å². The number of hydrogen-bond donors (Lipinski definition) is 2. The third-order valence-corrected chi connectivity index (χ3v) is 3.92. The number of hydrogen-bond acceptors (Lipinski definition) is 4. The molecule has 0 radical (unpaired) electrons. The van der Waals surface area contributed by atoms with Crippen LogP contribution in [0.3, 0.4) is 0 Å². The number of rotatable bonds is 5. The van der Waals surface area contributed by atoms with Crippen LogP contribution >= 0.6 is 23.2 Å². The van der Waals surface area contributed by atoms with Crippen LogP contribution < -0.4 is 10.6 Å². The van der Waals surface area contributed by atoms with Gasteiger partial charge in [-0.15, -0.1) is 0 Å². The third-order valence-electron chi connectivity index (χ3n) is 3.36. The van der Waals surface area contributed by atoms with Gasteiger partial charge in [0.2, 0.25) is 5.91 Å². The van der Waals surface area contributed by atoms with Gasteiger partial charge in [0.1, 0.15) is 5.54 Å². The monoisotopic (exact) mass is 330 g/mol. The first-order valence-corrected chi connectivity index (χ1v) is 7.33. The number of ether oxygens (including phenoxy) is 1. The average Bonchev–Trinajstić information content (AvgIpc) is 2.74. The highest BCUT2D eigenvalue weighted by Gasteiger charge is 2.39. The van der Waals surface area contributed by atoms with Crippen molar-refractivity contribution < 1.29 is 14.3 Å². The topological polar surface area (TPSA) is 67.4 Å².